The molecular weight excluding hydrogens is 487 g/mol. The molecule has 0 aliphatic heterocycles. The normalized spacial score (nSPS) is 9.93. The van der Waals surface area contributed by atoms with E-state index >= 15 is 0 Å². The van der Waals surface area contributed by atoms with Crippen molar-refractivity contribution in [2.45, 2.75) is 41.5 Å². The molecule has 2 aromatic carbocycles. The molecule has 0 heterocycles. The third-order valence-corrected chi connectivity index (χ3v) is 4.94. The van der Waals surface area contributed by atoms with Gasteiger partial charge in [-0.25, -0.2) is 0 Å². The third-order valence-electron chi connectivity index (χ3n) is 4.94. The van der Waals surface area contributed by atoms with E-state index in [9.17, 15) is 0 Å². The molecule has 1 radical (unpaired) electrons. The van der Waals surface area contributed by atoms with Crippen LogP contribution in [0.5, 0.6) is 0 Å². The van der Waals surface area contributed by atoms with Crippen LogP contribution in [0.1, 0.15) is 33.4 Å². The zero-order valence-electron chi connectivity index (χ0n) is 18.7. The number of hydrogen-bond donors (Lipinski definition) is 2. The largest absolute Gasteiger partial charge is 1.00 e. The standard InChI is InChI=1S/C23H35N3.2ClH.Tc/c1-16-12-18(3)22(19(4)13-16)24-8-10-26(7)11-9-25-23-20(5)14-17(2)15-21(23)6;;;/h12-15,24-25H,8-11H2,1-7H3;2*1H;/p-2. The van der Waals surface area contributed by atoms with Gasteiger partial charge < -0.3 is 40.3 Å². The fourth-order valence-corrected chi connectivity index (χ4v) is 3.77. The van der Waals surface area contributed by atoms with Crippen LogP contribution in [0.25, 0.3) is 0 Å². The number of hydrogen-bond acceptors (Lipinski definition) is 3. The van der Waals surface area contributed by atoms with Gasteiger partial charge in [0.25, 0.3) is 0 Å². The second-order valence-corrected chi connectivity index (χ2v) is 7.70. The van der Waals surface area contributed by atoms with Gasteiger partial charge in [-0.2, -0.15) is 0 Å². The summed E-state index contributed by atoms with van der Waals surface area (Å²) in [6.45, 7) is 17.0. The van der Waals surface area contributed by atoms with Crippen molar-refractivity contribution in [2.24, 2.45) is 0 Å². The van der Waals surface area contributed by atoms with Gasteiger partial charge >= 0.3 is 0 Å². The van der Waals surface area contributed by atoms with Crippen molar-refractivity contribution < 1.29 is 44.9 Å². The smallest absolute Gasteiger partial charge is 0.0400 e. The number of halogens is 2. The van der Waals surface area contributed by atoms with E-state index in [1.807, 2.05) is 0 Å². The molecule has 0 spiro atoms. The molecule has 0 saturated carbocycles. The molecule has 0 aromatic heterocycles. The molecule has 0 fully saturated rings. The summed E-state index contributed by atoms with van der Waals surface area (Å²) >= 11 is 0. The molecule has 3 nitrogen and oxygen atoms in total. The zero-order chi connectivity index (χ0) is 19.3. The molecule has 0 atom stereocenters. The van der Waals surface area contributed by atoms with E-state index in [1.165, 1.54) is 44.8 Å². The predicted octanol–water partition coefficient (Wildman–Crippen LogP) is -1.00. The Labute approximate surface area is 203 Å². The molecule has 0 saturated heterocycles. The SMILES string of the molecule is Cc1cc(C)c(NCCN(C)CCNc2c(C)cc(C)cc2C)c(C)c1.[Cl-].[Cl-].[Tc]. The average molecular weight is 522 g/mol. The minimum absolute atomic E-state index is 0. The summed E-state index contributed by atoms with van der Waals surface area (Å²) in [4.78, 5) is 2.37. The maximum Gasteiger partial charge on any atom is 0.0400 e. The number of nitrogens with one attached hydrogen (secondary N) is 2. The molecule has 0 unspecified atom stereocenters. The molecule has 2 aromatic rings. The van der Waals surface area contributed by atoms with Gasteiger partial charge in [-0.05, 0) is 70.8 Å². The van der Waals surface area contributed by atoms with Crippen LogP contribution in [0.4, 0.5) is 11.4 Å². The molecule has 0 aliphatic carbocycles. The van der Waals surface area contributed by atoms with Gasteiger partial charge in [-0.3, -0.25) is 0 Å². The number of aryl methyl sites for hydroxylation is 6. The van der Waals surface area contributed by atoms with Gasteiger partial charge in [0.1, 0.15) is 0 Å². The van der Waals surface area contributed by atoms with Gasteiger partial charge in [-0.1, -0.05) is 35.4 Å². The summed E-state index contributed by atoms with van der Waals surface area (Å²) in [6.07, 6.45) is 0. The first kappa shape index (κ1) is 30.4. The van der Waals surface area contributed by atoms with E-state index in [0.29, 0.717) is 0 Å². The van der Waals surface area contributed by atoms with Gasteiger partial charge in [0.2, 0.25) is 0 Å². The van der Waals surface area contributed by atoms with Crippen LogP contribution in [0.2, 0.25) is 0 Å². The molecule has 0 amide bonds. The summed E-state index contributed by atoms with van der Waals surface area (Å²) in [7, 11) is 2.19. The fourth-order valence-electron chi connectivity index (χ4n) is 3.77. The summed E-state index contributed by atoms with van der Waals surface area (Å²) in [5.74, 6) is 0. The Bertz CT molecular complexity index is 656. The topological polar surface area (TPSA) is 27.3 Å². The fraction of sp³-hybridized carbons (Fsp3) is 0.478. The van der Waals surface area contributed by atoms with Crippen molar-refractivity contribution in [3.8, 4) is 0 Å². The maximum absolute atomic E-state index is 3.61. The molecule has 0 aliphatic rings. The number of rotatable bonds is 8. The van der Waals surface area contributed by atoms with Crippen molar-refractivity contribution >= 4 is 11.4 Å². The van der Waals surface area contributed by atoms with Crippen LogP contribution in [-0.4, -0.2) is 38.1 Å². The zero-order valence-corrected chi connectivity index (χ0v) is 22.1. The number of likely N-dealkylation sites (N-methyl/N-ethyl adjacent to an activating group) is 1. The summed E-state index contributed by atoms with van der Waals surface area (Å²) < 4.78 is 0. The Morgan fingerprint density at radius 2 is 0.897 bits per heavy atom. The van der Waals surface area contributed by atoms with E-state index < -0.39 is 0 Å². The molecule has 6 heteroatoms. The third kappa shape index (κ3) is 9.27. The predicted molar refractivity (Wildman–Crippen MR) is 116 cm³/mol. The first-order valence-electron chi connectivity index (χ1n) is 9.60. The van der Waals surface area contributed by atoms with Crippen molar-refractivity contribution in [3.05, 3.63) is 57.6 Å². The Kier molecular flexibility index (Phi) is 15.0. The van der Waals surface area contributed by atoms with Crippen LogP contribution in [0.15, 0.2) is 24.3 Å². The van der Waals surface area contributed by atoms with E-state index in [4.69, 9.17) is 0 Å². The van der Waals surface area contributed by atoms with Crippen LogP contribution >= 0.6 is 0 Å². The van der Waals surface area contributed by atoms with Gasteiger partial charge in [-0.15, -0.1) is 0 Å². The van der Waals surface area contributed by atoms with E-state index in [2.05, 4.69) is 88.4 Å². The van der Waals surface area contributed by atoms with E-state index in [1.54, 1.807) is 0 Å². The van der Waals surface area contributed by atoms with Crippen LogP contribution < -0.4 is 35.4 Å². The quantitative estimate of drug-likeness (QED) is 0.466. The van der Waals surface area contributed by atoms with Crippen molar-refractivity contribution in [3.63, 3.8) is 0 Å². The Morgan fingerprint density at radius 1 is 0.621 bits per heavy atom. The van der Waals surface area contributed by atoms with Crippen molar-refractivity contribution in [2.75, 3.05) is 43.9 Å². The molecular formula is C23H35Cl2N3Tc-2. The summed E-state index contributed by atoms with van der Waals surface area (Å²) in [5.41, 5.74) is 10.6. The summed E-state index contributed by atoms with van der Waals surface area (Å²) in [6, 6.07) is 8.98. The van der Waals surface area contributed by atoms with Gasteiger partial charge in [0.05, 0.1) is 0 Å². The Hall–Kier alpha value is -0.771. The average Bonchev–Trinajstić information content (AvgIpc) is 2.52. The molecule has 2 N–H and O–H groups in total. The number of anilines is 2. The minimum atomic E-state index is 0. The second kappa shape index (κ2) is 14.3. The second-order valence-electron chi connectivity index (χ2n) is 7.70. The van der Waals surface area contributed by atoms with E-state index in [-0.39, 0.29) is 44.9 Å². The molecule has 165 valence electrons. The Morgan fingerprint density at radius 3 is 1.17 bits per heavy atom. The minimum Gasteiger partial charge on any atom is -1.00 e. The molecule has 29 heavy (non-hydrogen) atoms. The number of benzene rings is 2. The van der Waals surface area contributed by atoms with Gasteiger partial charge in [0, 0.05) is 57.7 Å². The summed E-state index contributed by atoms with van der Waals surface area (Å²) in [5, 5.41) is 7.22. The molecule has 2 rings (SSSR count). The number of nitrogens with zero attached hydrogens (tertiary/aromatic N) is 1. The van der Waals surface area contributed by atoms with Crippen molar-refractivity contribution in [1.29, 1.82) is 0 Å². The van der Waals surface area contributed by atoms with Crippen LogP contribution in [-0.2, 0) is 20.1 Å². The van der Waals surface area contributed by atoms with E-state index in [0.717, 1.165) is 26.2 Å². The molecule has 0 bridgehead atoms. The van der Waals surface area contributed by atoms with Crippen LogP contribution in [0, 0.1) is 41.5 Å². The van der Waals surface area contributed by atoms with Crippen LogP contribution in [0.3, 0.4) is 0 Å². The first-order chi connectivity index (χ1) is 12.3. The maximum atomic E-state index is 3.61. The van der Waals surface area contributed by atoms with Crippen molar-refractivity contribution in [1.82, 2.24) is 4.90 Å². The first-order valence-corrected chi connectivity index (χ1v) is 9.60. The monoisotopic (exact) mass is 520 g/mol. The Balaban J connectivity index is 0. The van der Waals surface area contributed by atoms with Gasteiger partial charge in [0.15, 0.2) is 0 Å².